The first-order valence-electron chi connectivity index (χ1n) is 6.41. The lowest BCUT2D eigenvalue weighted by atomic mass is 10.1. The molecule has 4 nitrogen and oxygen atoms in total. The Labute approximate surface area is 126 Å². The monoisotopic (exact) mass is 307 g/mol. The van der Waals surface area contributed by atoms with Gasteiger partial charge in [0.05, 0.1) is 6.54 Å². The zero-order valence-electron chi connectivity index (χ0n) is 10.8. The summed E-state index contributed by atoms with van der Waals surface area (Å²) in [5.74, 6) is 0.106. The van der Waals surface area contributed by atoms with Gasteiger partial charge in [-0.15, -0.1) is 11.3 Å². The number of carbonyl (C=O) groups excluding carboxylic acids is 1. The summed E-state index contributed by atoms with van der Waals surface area (Å²) in [6.07, 6.45) is 2.58. The maximum Gasteiger partial charge on any atom is 0.242 e. The van der Waals surface area contributed by atoms with Crippen LogP contribution in [0.25, 0.3) is 0 Å². The van der Waals surface area contributed by atoms with E-state index in [-0.39, 0.29) is 12.5 Å². The Morgan fingerprint density at radius 2 is 2.40 bits per heavy atom. The number of amides is 1. The summed E-state index contributed by atoms with van der Waals surface area (Å²) >= 11 is 7.58. The second-order valence-corrected chi connectivity index (χ2v) is 6.04. The van der Waals surface area contributed by atoms with E-state index in [9.17, 15) is 4.79 Å². The first-order chi connectivity index (χ1) is 9.72. The van der Waals surface area contributed by atoms with Crippen molar-refractivity contribution < 1.29 is 4.79 Å². The molecule has 1 aliphatic rings. The number of nitrogens with one attached hydrogen (secondary N) is 1. The molecule has 1 N–H and O–H groups in total. The van der Waals surface area contributed by atoms with Crippen LogP contribution in [-0.4, -0.2) is 28.9 Å². The summed E-state index contributed by atoms with van der Waals surface area (Å²) < 4.78 is 0. The van der Waals surface area contributed by atoms with E-state index in [1.807, 2.05) is 4.90 Å². The van der Waals surface area contributed by atoms with E-state index in [0.29, 0.717) is 5.15 Å². The Bertz CT molecular complexity index is 628. The fraction of sp³-hybridized carbons (Fsp3) is 0.286. The maximum absolute atomic E-state index is 12.2. The average molecular weight is 308 g/mol. The van der Waals surface area contributed by atoms with Crippen LogP contribution in [0.5, 0.6) is 0 Å². The highest BCUT2D eigenvalue weighted by molar-refractivity contribution is 7.10. The molecule has 0 atom stereocenters. The van der Waals surface area contributed by atoms with Gasteiger partial charge in [-0.3, -0.25) is 4.79 Å². The molecule has 3 rings (SSSR count). The number of rotatable bonds is 3. The number of carbonyl (C=O) groups is 1. The van der Waals surface area contributed by atoms with Crippen molar-refractivity contribution in [1.29, 1.82) is 0 Å². The number of aromatic nitrogens is 1. The fourth-order valence-electron chi connectivity index (χ4n) is 2.26. The molecule has 0 radical (unpaired) electrons. The number of thiophene rings is 1. The summed E-state index contributed by atoms with van der Waals surface area (Å²) in [5.41, 5.74) is 2.09. The van der Waals surface area contributed by atoms with Gasteiger partial charge in [-0.05, 0) is 35.6 Å². The minimum absolute atomic E-state index is 0.106. The minimum atomic E-state index is 0.106. The van der Waals surface area contributed by atoms with Gasteiger partial charge in [-0.2, -0.15) is 0 Å². The molecule has 0 aromatic carbocycles. The summed E-state index contributed by atoms with van der Waals surface area (Å²) in [6, 6.07) is 5.61. The lowest BCUT2D eigenvalue weighted by molar-refractivity contribution is -0.130. The maximum atomic E-state index is 12.2. The number of hydrogen-bond donors (Lipinski definition) is 1. The number of halogens is 1. The molecule has 2 aromatic heterocycles. The summed E-state index contributed by atoms with van der Waals surface area (Å²) in [5, 5.41) is 5.60. The van der Waals surface area contributed by atoms with Crippen molar-refractivity contribution in [1.82, 2.24) is 9.88 Å². The van der Waals surface area contributed by atoms with Crippen LogP contribution in [0.4, 0.5) is 5.69 Å². The number of nitrogens with zero attached hydrogens (tertiary/aromatic N) is 2. The first kappa shape index (κ1) is 13.4. The molecule has 0 saturated heterocycles. The van der Waals surface area contributed by atoms with E-state index in [1.54, 1.807) is 29.7 Å². The molecule has 2 aromatic rings. The largest absolute Gasteiger partial charge is 0.376 e. The molecule has 0 unspecified atom stereocenters. The van der Waals surface area contributed by atoms with Crippen molar-refractivity contribution in [2.24, 2.45) is 0 Å². The van der Waals surface area contributed by atoms with E-state index in [2.05, 4.69) is 21.7 Å². The van der Waals surface area contributed by atoms with Gasteiger partial charge >= 0.3 is 0 Å². The standard InChI is InChI=1S/C14H14ClN3OS/c15-13-7-11(1-4-16-13)17-8-14(19)18-5-2-12-10(9-18)3-6-20-12/h1,3-4,6-7H,2,5,8-9H2,(H,16,17). The smallest absolute Gasteiger partial charge is 0.242 e. The van der Waals surface area contributed by atoms with E-state index >= 15 is 0 Å². The Balaban J connectivity index is 1.58. The van der Waals surface area contributed by atoms with Gasteiger partial charge in [0.1, 0.15) is 5.15 Å². The van der Waals surface area contributed by atoms with E-state index in [1.165, 1.54) is 10.4 Å². The summed E-state index contributed by atoms with van der Waals surface area (Å²) in [4.78, 5) is 19.4. The third-order valence-corrected chi connectivity index (χ3v) is 4.56. The predicted molar refractivity (Wildman–Crippen MR) is 81.2 cm³/mol. The molecule has 1 amide bonds. The Hall–Kier alpha value is -1.59. The van der Waals surface area contributed by atoms with Crippen LogP contribution in [0.15, 0.2) is 29.8 Å². The van der Waals surface area contributed by atoms with Crippen LogP contribution in [0, 0.1) is 0 Å². The predicted octanol–water partition coefficient (Wildman–Crippen LogP) is 2.79. The molecule has 0 aliphatic carbocycles. The molecule has 0 bridgehead atoms. The lowest BCUT2D eigenvalue weighted by Gasteiger charge is -2.27. The fourth-order valence-corrected chi connectivity index (χ4v) is 3.33. The normalized spacial score (nSPS) is 13.9. The van der Waals surface area contributed by atoms with Gasteiger partial charge in [0.15, 0.2) is 0 Å². The topological polar surface area (TPSA) is 45.2 Å². The van der Waals surface area contributed by atoms with Crippen LogP contribution < -0.4 is 5.32 Å². The summed E-state index contributed by atoms with van der Waals surface area (Å²) in [7, 11) is 0. The van der Waals surface area contributed by atoms with Gasteiger partial charge in [0.25, 0.3) is 0 Å². The zero-order valence-corrected chi connectivity index (χ0v) is 12.4. The molecule has 6 heteroatoms. The van der Waals surface area contributed by atoms with Crippen molar-refractivity contribution in [3.05, 3.63) is 45.4 Å². The van der Waals surface area contributed by atoms with Crippen molar-refractivity contribution in [2.75, 3.05) is 18.4 Å². The Morgan fingerprint density at radius 3 is 3.25 bits per heavy atom. The van der Waals surface area contributed by atoms with Crippen molar-refractivity contribution in [3.8, 4) is 0 Å². The zero-order chi connectivity index (χ0) is 13.9. The van der Waals surface area contributed by atoms with Crippen LogP contribution in [0.2, 0.25) is 5.15 Å². The first-order valence-corrected chi connectivity index (χ1v) is 7.66. The molecule has 3 heterocycles. The van der Waals surface area contributed by atoms with Gasteiger partial charge in [-0.1, -0.05) is 11.6 Å². The molecule has 104 valence electrons. The molecular formula is C14H14ClN3OS. The molecule has 1 aliphatic heterocycles. The Morgan fingerprint density at radius 1 is 1.50 bits per heavy atom. The second kappa shape index (κ2) is 5.81. The van der Waals surface area contributed by atoms with E-state index < -0.39 is 0 Å². The highest BCUT2D eigenvalue weighted by Crippen LogP contribution is 2.24. The third kappa shape index (κ3) is 2.94. The number of pyridine rings is 1. The molecule has 0 saturated carbocycles. The minimum Gasteiger partial charge on any atom is -0.376 e. The lowest BCUT2D eigenvalue weighted by Crippen LogP contribution is -2.38. The van der Waals surface area contributed by atoms with Gasteiger partial charge in [-0.25, -0.2) is 4.98 Å². The molecule has 0 spiro atoms. The van der Waals surface area contributed by atoms with E-state index in [4.69, 9.17) is 11.6 Å². The van der Waals surface area contributed by atoms with Gasteiger partial charge < -0.3 is 10.2 Å². The van der Waals surface area contributed by atoms with Crippen LogP contribution >= 0.6 is 22.9 Å². The van der Waals surface area contributed by atoms with Crippen LogP contribution in [0.3, 0.4) is 0 Å². The van der Waals surface area contributed by atoms with Gasteiger partial charge in [0.2, 0.25) is 5.91 Å². The van der Waals surface area contributed by atoms with Crippen LogP contribution in [0.1, 0.15) is 10.4 Å². The SMILES string of the molecule is O=C(CNc1ccnc(Cl)c1)N1CCc2sccc2C1. The summed E-state index contributed by atoms with van der Waals surface area (Å²) in [6.45, 7) is 1.79. The highest BCUT2D eigenvalue weighted by Gasteiger charge is 2.20. The third-order valence-electron chi connectivity index (χ3n) is 3.33. The van der Waals surface area contributed by atoms with Crippen molar-refractivity contribution in [3.63, 3.8) is 0 Å². The quantitative estimate of drug-likeness (QED) is 0.887. The van der Waals surface area contributed by atoms with Gasteiger partial charge in [0, 0.05) is 29.9 Å². The molecule has 0 fully saturated rings. The Kier molecular flexibility index (Phi) is 3.89. The van der Waals surface area contributed by atoms with Crippen LogP contribution in [-0.2, 0) is 17.8 Å². The highest BCUT2D eigenvalue weighted by atomic mass is 35.5. The van der Waals surface area contributed by atoms with Crippen molar-refractivity contribution >= 4 is 34.5 Å². The average Bonchev–Trinajstić information content (AvgIpc) is 2.92. The van der Waals surface area contributed by atoms with E-state index in [0.717, 1.165) is 25.2 Å². The number of hydrogen-bond acceptors (Lipinski definition) is 4. The second-order valence-electron chi connectivity index (χ2n) is 4.66. The number of fused-ring (bicyclic) bond motifs is 1. The number of anilines is 1. The van der Waals surface area contributed by atoms with Crippen molar-refractivity contribution in [2.45, 2.75) is 13.0 Å². The molecule has 20 heavy (non-hydrogen) atoms. The molecular weight excluding hydrogens is 294 g/mol.